The van der Waals surface area contributed by atoms with Crippen LogP contribution in [0, 0.1) is 6.92 Å². The zero-order valence-corrected chi connectivity index (χ0v) is 12.2. The molecule has 0 nitrogen and oxygen atoms in total. The Morgan fingerprint density at radius 1 is 0.833 bits per heavy atom. The maximum absolute atomic E-state index is 2.29. The first-order chi connectivity index (χ1) is 8.48. The van der Waals surface area contributed by atoms with E-state index in [1.807, 2.05) is 11.3 Å². The van der Waals surface area contributed by atoms with Crippen molar-refractivity contribution in [3.05, 3.63) is 47.5 Å². The highest BCUT2D eigenvalue weighted by Gasteiger charge is 2.19. The SMILES string of the molecule is Cc1cccc2c1sc1c(C(C)(C)C)cccc12. The summed E-state index contributed by atoms with van der Waals surface area (Å²) in [4.78, 5) is 0. The number of rotatable bonds is 0. The molecule has 18 heavy (non-hydrogen) atoms. The van der Waals surface area contributed by atoms with Gasteiger partial charge in [-0.2, -0.15) is 0 Å². The number of benzene rings is 2. The molecular weight excluding hydrogens is 236 g/mol. The van der Waals surface area contributed by atoms with Gasteiger partial charge in [0.05, 0.1) is 0 Å². The Morgan fingerprint density at radius 2 is 1.44 bits per heavy atom. The molecule has 1 aromatic heterocycles. The minimum Gasteiger partial charge on any atom is -0.135 e. The molecule has 0 spiro atoms. The van der Waals surface area contributed by atoms with Crippen LogP contribution in [-0.2, 0) is 5.41 Å². The first kappa shape index (κ1) is 11.7. The quantitative estimate of drug-likeness (QED) is 0.485. The Labute approximate surface area is 112 Å². The lowest BCUT2D eigenvalue weighted by molar-refractivity contribution is 0.597. The Morgan fingerprint density at radius 3 is 2.11 bits per heavy atom. The van der Waals surface area contributed by atoms with Crippen molar-refractivity contribution in [1.29, 1.82) is 0 Å². The van der Waals surface area contributed by atoms with Crippen molar-refractivity contribution in [2.75, 3.05) is 0 Å². The van der Waals surface area contributed by atoms with E-state index in [0.717, 1.165) is 0 Å². The molecule has 92 valence electrons. The van der Waals surface area contributed by atoms with Gasteiger partial charge in [0.2, 0.25) is 0 Å². The second-order valence-electron chi connectivity index (χ2n) is 5.99. The largest absolute Gasteiger partial charge is 0.135 e. The molecule has 0 saturated heterocycles. The molecule has 0 bridgehead atoms. The molecular formula is C17H18S. The van der Waals surface area contributed by atoms with Gasteiger partial charge in [0, 0.05) is 20.2 Å². The van der Waals surface area contributed by atoms with E-state index in [9.17, 15) is 0 Å². The van der Waals surface area contributed by atoms with Crippen LogP contribution < -0.4 is 0 Å². The van der Waals surface area contributed by atoms with Crippen LogP contribution in [-0.4, -0.2) is 0 Å². The lowest BCUT2D eigenvalue weighted by Gasteiger charge is -2.19. The van der Waals surface area contributed by atoms with E-state index in [4.69, 9.17) is 0 Å². The third-order valence-electron chi connectivity index (χ3n) is 3.53. The van der Waals surface area contributed by atoms with Crippen LogP contribution in [0.1, 0.15) is 31.9 Å². The van der Waals surface area contributed by atoms with E-state index in [0.29, 0.717) is 0 Å². The van der Waals surface area contributed by atoms with Crippen molar-refractivity contribution in [2.45, 2.75) is 33.1 Å². The standard InChI is InChI=1S/C17H18S/c1-11-7-5-8-12-13-9-6-10-14(17(2,3)4)16(13)18-15(11)12/h5-10H,1-4H3. The van der Waals surface area contributed by atoms with Crippen LogP contribution in [0.2, 0.25) is 0 Å². The van der Waals surface area contributed by atoms with E-state index in [1.54, 1.807) is 0 Å². The first-order valence-electron chi connectivity index (χ1n) is 6.40. The highest BCUT2D eigenvalue weighted by Crippen LogP contribution is 2.40. The summed E-state index contributed by atoms with van der Waals surface area (Å²) in [6, 6.07) is 13.3. The van der Waals surface area contributed by atoms with Crippen LogP contribution in [0.4, 0.5) is 0 Å². The van der Waals surface area contributed by atoms with E-state index in [2.05, 4.69) is 64.1 Å². The molecule has 3 aromatic rings. The number of hydrogen-bond acceptors (Lipinski definition) is 1. The number of hydrogen-bond donors (Lipinski definition) is 0. The summed E-state index contributed by atoms with van der Waals surface area (Å²) in [5.41, 5.74) is 3.04. The van der Waals surface area contributed by atoms with Gasteiger partial charge in [0.25, 0.3) is 0 Å². The van der Waals surface area contributed by atoms with Gasteiger partial charge in [0.1, 0.15) is 0 Å². The van der Waals surface area contributed by atoms with Gasteiger partial charge in [-0.25, -0.2) is 0 Å². The maximum Gasteiger partial charge on any atom is 0.0392 e. The number of thiophene rings is 1. The zero-order chi connectivity index (χ0) is 12.9. The zero-order valence-electron chi connectivity index (χ0n) is 11.4. The smallest absolute Gasteiger partial charge is 0.0392 e. The average molecular weight is 254 g/mol. The molecule has 0 N–H and O–H groups in total. The fraction of sp³-hybridized carbons (Fsp3) is 0.294. The molecule has 0 aliphatic carbocycles. The van der Waals surface area contributed by atoms with Crippen molar-refractivity contribution >= 4 is 31.5 Å². The average Bonchev–Trinajstić information content (AvgIpc) is 2.68. The van der Waals surface area contributed by atoms with Crippen LogP contribution in [0.25, 0.3) is 20.2 Å². The Kier molecular flexibility index (Phi) is 2.49. The molecule has 0 unspecified atom stereocenters. The van der Waals surface area contributed by atoms with Gasteiger partial charge in [-0.15, -0.1) is 11.3 Å². The van der Waals surface area contributed by atoms with Gasteiger partial charge in [-0.05, 0) is 23.5 Å². The molecule has 1 heteroatoms. The lowest BCUT2D eigenvalue weighted by atomic mass is 9.86. The van der Waals surface area contributed by atoms with Crippen LogP contribution >= 0.6 is 11.3 Å². The normalized spacial score (nSPS) is 12.4. The van der Waals surface area contributed by atoms with E-state index in [-0.39, 0.29) is 5.41 Å². The van der Waals surface area contributed by atoms with Crippen molar-refractivity contribution in [3.63, 3.8) is 0 Å². The monoisotopic (exact) mass is 254 g/mol. The summed E-state index contributed by atoms with van der Waals surface area (Å²) in [7, 11) is 0. The Bertz CT molecular complexity index is 726. The fourth-order valence-electron chi connectivity index (χ4n) is 2.55. The topological polar surface area (TPSA) is 0 Å². The molecule has 2 aromatic carbocycles. The summed E-state index contributed by atoms with van der Waals surface area (Å²) in [6.07, 6.45) is 0. The van der Waals surface area contributed by atoms with Crippen molar-refractivity contribution in [1.82, 2.24) is 0 Å². The minimum absolute atomic E-state index is 0.203. The molecule has 0 amide bonds. The molecule has 0 aliphatic rings. The van der Waals surface area contributed by atoms with Gasteiger partial charge in [-0.3, -0.25) is 0 Å². The highest BCUT2D eigenvalue weighted by molar-refractivity contribution is 7.26. The third kappa shape index (κ3) is 1.65. The summed E-state index contributed by atoms with van der Waals surface area (Å²) >= 11 is 1.94. The molecule has 1 heterocycles. The summed E-state index contributed by atoms with van der Waals surface area (Å²) in [5.74, 6) is 0. The molecule has 0 atom stereocenters. The number of aryl methyl sites for hydroxylation is 1. The van der Waals surface area contributed by atoms with E-state index < -0.39 is 0 Å². The third-order valence-corrected chi connectivity index (χ3v) is 4.92. The van der Waals surface area contributed by atoms with Crippen molar-refractivity contribution in [3.8, 4) is 0 Å². The predicted molar refractivity (Wildman–Crippen MR) is 82.8 cm³/mol. The summed E-state index contributed by atoms with van der Waals surface area (Å²) in [6.45, 7) is 9.07. The molecule has 0 radical (unpaired) electrons. The molecule has 0 fully saturated rings. The van der Waals surface area contributed by atoms with Gasteiger partial charge >= 0.3 is 0 Å². The minimum atomic E-state index is 0.203. The van der Waals surface area contributed by atoms with Crippen molar-refractivity contribution in [2.24, 2.45) is 0 Å². The van der Waals surface area contributed by atoms with Crippen LogP contribution in [0.5, 0.6) is 0 Å². The van der Waals surface area contributed by atoms with E-state index in [1.165, 1.54) is 31.3 Å². The van der Waals surface area contributed by atoms with Crippen LogP contribution in [0.3, 0.4) is 0 Å². The number of fused-ring (bicyclic) bond motifs is 3. The maximum atomic E-state index is 2.29. The van der Waals surface area contributed by atoms with Gasteiger partial charge < -0.3 is 0 Å². The predicted octanol–water partition coefficient (Wildman–Crippen LogP) is 5.66. The highest BCUT2D eigenvalue weighted by atomic mass is 32.1. The van der Waals surface area contributed by atoms with E-state index >= 15 is 0 Å². The molecule has 0 saturated carbocycles. The van der Waals surface area contributed by atoms with Crippen molar-refractivity contribution < 1.29 is 0 Å². The second kappa shape index (κ2) is 3.83. The summed E-state index contributed by atoms with van der Waals surface area (Å²) in [5, 5.41) is 2.81. The van der Waals surface area contributed by atoms with Gasteiger partial charge in [0.15, 0.2) is 0 Å². The van der Waals surface area contributed by atoms with Gasteiger partial charge in [-0.1, -0.05) is 57.2 Å². The summed E-state index contributed by atoms with van der Waals surface area (Å²) < 4.78 is 2.89. The lowest BCUT2D eigenvalue weighted by Crippen LogP contribution is -2.10. The fourth-order valence-corrected chi connectivity index (χ4v) is 4.05. The molecule has 3 rings (SSSR count). The first-order valence-corrected chi connectivity index (χ1v) is 7.21. The van der Waals surface area contributed by atoms with Crippen LogP contribution in [0.15, 0.2) is 36.4 Å². The Balaban J connectivity index is 2.50. The Hall–Kier alpha value is -1.34. The molecule has 0 aliphatic heterocycles. The second-order valence-corrected chi connectivity index (χ2v) is 7.01.